The Morgan fingerprint density at radius 2 is 2.12 bits per heavy atom. The van der Waals surface area contributed by atoms with Crippen molar-refractivity contribution in [1.82, 2.24) is 4.90 Å². The minimum Gasteiger partial charge on any atom is -0.329 e. The number of halogens is 2. The highest BCUT2D eigenvalue weighted by molar-refractivity contribution is 6.33. The van der Waals surface area contributed by atoms with Gasteiger partial charge in [0, 0.05) is 29.2 Å². The first-order valence-electron chi connectivity index (χ1n) is 5.96. The molecule has 0 spiro atoms. The summed E-state index contributed by atoms with van der Waals surface area (Å²) in [5, 5.41) is 1.50. The number of hydrogen-bond donors (Lipinski definition) is 1. The van der Waals surface area contributed by atoms with Crippen LogP contribution in [0.15, 0.2) is 18.2 Å². The van der Waals surface area contributed by atoms with Crippen LogP contribution in [-0.2, 0) is 6.54 Å². The van der Waals surface area contributed by atoms with Gasteiger partial charge in [-0.3, -0.25) is 4.90 Å². The standard InChI is InChI=1S/C13H18Cl2N2/c1-17(13(7-16)9-2-3-9)8-10-6-11(14)4-5-12(10)15/h4-6,9,13H,2-3,7-8,16H2,1H3. The normalized spacial score (nSPS) is 17.5. The van der Waals surface area contributed by atoms with Crippen molar-refractivity contribution in [3.63, 3.8) is 0 Å². The van der Waals surface area contributed by atoms with E-state index in [4.69, 9.17) is 28.9 Å². The van der Waals surface area contributed by atoms with E-state index in [0.29, 0.717) is 12.6 Å². The lowest BCUT2D eigenvalue weighted by Crippen LogP contribution is -2.39. The Kier molecular flexibility index (Phi) is 4.31. The summed E-state index contributed by atoms with van der Waals surface area (Å²) in [4.78, 5) is 2.29. The summed E-state index contributed by atoms with van der Waals surface area (Å²) in [5.41, 5.74) is 6.91. The van der Waals surface area contributed by atoms with Crippen molar-refractivity contribution in [2.75, 3.05) is 13.6 Å². The molecule has 17 heavy (non-hydrogen) atoms. The lowest BCUT2D eigenvalue weighted by molar-refractivity contribution is 0.215. The summed E-state index contributed by atoms with van der Waals surface area (Å²) in [7, 11) is 2.10. The van der Waals surface area contributed by atoms with Crippen LogP contribution in [0.5, 0.6) is 0 Å². The summed E-state index contributed by atoms with van der Waals surface area (Å²) in [6.07, 6.45) is 2.60. The first-order valence-corrected chi connectivity index (χ1v) is 6.71. The Balaban J connectivity index is 2.05. The molecule has 1 unspecified atom stereocenters. The molecule has 0 radical (unpaired) electrons. The molecule has 4 heteroatoms. The lowest BCUT2D eigenvalue weighted by atomic mass is 10.1. The summed E-state index contributed by atoms with van der Waals surface area (Å²) in [5.74, 6) is 0.767. The number of benzene rings is 1. The molecule has 1 atom stereocenters. The molecule has 2 rings (SSSR count). The highest BCUT2D eigenvalue weighted by atomic mass is 35.5. The Bertz CT molecular complexity index is 391. The second kappa shape index (κ2) is 5.57. The zero-order valence-electron chi connectivity index (χ0n) is 10.00. The van der Waals surface area contributed by atoms with Crippen molar-refractivity contribution in [1.29, 1.82) is 0 Å². The predicted molar refractivity (Wildman–Crippen MR) is 73.5 cm³/mol. The quantitative estimate of drug-likeness (QED) is 0.892. The Labute approximate surface area is 113 Å². The van der Waals surface area contributed by atoms with Gasteiger partial charge in [-0.1, -0.05) is 23.2 Å². The van der Waals surface area contributed by atoms with Gasteiger partial charge in [-0.05, 0) is 49.6 Å². The van der Waals surface area contributed by atoms with Crippen LogP contribution in [0.3, 0.4) is 0 Å². The van der Waals surface area contributed by atoms with Gasteiger partial charge < -0.3 is 5.73 Å². The molecule has 0 heterocycles. The molecule has 0 saturated heterocycles. The highest BCUT2D eigenvalue weighted by Gasteiger charge is 2.32. The van der Waals surface area contributed by atoms with Crippen LogP contribution in [0.2, 0.25) is 10.0 Å². The molecule has 0 bridgehead atoms. The molecule has 1 aromatic rings. The molecule has 1 fully saturated rings. The van der Waals surface area contributed by atoms with E-state index < -0.39 is 0 Å². The fraction of sp³-hybridized carbons (Fsp3) is 0.538. The maximum absolute atomic E-state index is 6.17. The van der Waals surface area contributed by atoms with Gasteiger partial charge in [0.1, 0.15) is 0 Å². The number of likely N-dealkylation sites (N-methyl/N-ethyl adjacent to an activating group) is 1. The van der Waals surface area contributed by atoms with E-state index in [2.05, 4.69) is 11.9 Å². The van der Waals surface area contributed by atoms with Crippen molar-refractivity contribution >= 4 is 23.2 Å². The van der Waals surface area contributed by atoms with Crippen molar-refractivity contribution < 1.29 is 0 Å². The second-order valence-electron chi connectivity index (χ2n) is 4.79. The van der Waals surface area contributed by atoms with Crippen LogP contribution in [0, 0.1) is 5.92 Å². The largest absolute Gasteiger partial charge is 0.329 e. The van der Waals surface area contributed by atoms with Crippen LogP contribution < -0.4 is 5.73 Å². The Morgan fingerprint density at radius 3 is 2.71 bits per heavy atom. The van der Waals surface area contributed by atoms with E-state index >= 15 is 0 Å². The van der Waals surface area contributed by atoms with Crippen LogP contribution in [0.4, 0.5) is 0 Å². The summed E-state index contributed by atoms with van der Waals surface area (Å²) in [6, 6.07) is 6.06. The third kappa shape index (κ3) is 3.35. The van der Waals surface area contributed by atoms with Crippen LogP contribution in [-0.4, -0.2) is 24.5 Å². The molecule has 1 aliphatic carbocycles. The molecule has 1 aromatic carbocycles. The summed E-state index contributed by atoms with van der Waals surface area (Å²) in [6.45, 7) is 1.51. The smallest absolute Gasteiger partial charge is 0.0452 e. The average molecular weight is 273 g/mol. The zero-order chi connectivity index (χ0) is 12.4. The van der Waals surface area contributed by atoms with Crippen LogP contribution >= 0.6 is 23.2 Å². The maximum atomic E-state index is 6.17. The van der Waals surface area contributed by atoms with E-state index in [1.54, 1.807) is 0 Å². The van der Waals surface area contributed by atoms with E-state index in [1.807, 2.05) is 18.2 Å². The first kappa shape index (κ1) is 13.2. The molecular formula is C13H18Cl2N2. The molecule has 1 aliphatic rings. The molecule has 2 N–H and O–H groups in total. The van der Waals surface area contributed by atoms with Gasteiger partial charge in [0.05, 0.1) is 0 Å². The predicted octanol–water partition coefficient (Wildman–Crippen LogP) is 3.16. The summed E-state index contributed by atoms with van der Waals surface area (Å²) < 4.78 is 0. The van der Waals surface area contributed by atoms with Gasteiger partial charge in [0.15, 0.2) is 0 Å². The van der Waals surface area contributed by atoms with Gasteiger partial charge in [0.25, 0.3) is 0 Å². The van der Waals surface area contributed by atoms with Gasteiger partial charge in [-0.15, -0.1) is 0 Å². The number of rotatable bonds is 5. The summed E-state index contributed by atoms with van der Waals surface area (Å²) >= 11 is 12.2. The third-order valence-corrected chi connectivity index (χ3v) is 4.01. The number of hydrogen-bond acceptors (Lipinski definition) is 2. The number of nitrogens with zero attached hydrogens (tertiary/aromatic N) is 1. The SMILES string of the molecule is CN(Cc1cc(Cl)ccc1Cl)C(CN)C1CC1. The third-order valence-electron chi connectivity index (χ3n) is 3.40. The fourth-order valence-electron chi connectivity index (χ4n) is 2.26. The monoisotopic (exact) mass is 272 g/mol. The second-order valence-corrected chi connectivity index (χ2v) is 5.63. The van der Waals surface area contributed by atoms with Gasteiger partial charge >= 0.3 is 0 Å². The molecule has 0 amide bonds. The van der Waals surface area contributed by atoms with Crippen molar-refractivity contribution in [2.45, 2.75) is 25.4 Å². The number of nitrogens with two attached hydrogens (primary N) is 1. The Morgan fingerprint density at radius 1 is 1.41 bits per heavy atom. The van der Waals surface area contributed by atoms with Crippen molar-refractivity contribution in [2.24, 2.45) is 11.7 Å². The van der Waals surface area contributed by atoms with E-state index in [0.717, 1.165) is 28.1 Å². The highest BCUT2D eigenvalue weighted by Crippen LogP contribution is 2.35. The molecule has 1 saturated carbocycles. The minimum absolute atomic E-state index is 0.463. The van der Waals surface area contributed by atoms with Crippen molar-refractivity contribution in [3.8, 4) is 0 Å². The van der Waals surface area contributed by atoms with Crippen molar-refractivity contribution in [3.05, 3.63) is 33.8 Å². The molecule has 2 nitrogen and oxygen atoms in total. The van der Waals surface area contributed by atoms with Gasteiger partial charge in [-0.2, -0.15) is 0 Å². The molecule has 0 aliphatic heterocycles. The fourth-order valence-corrected chi connectivity index (χ4v) is 2.64. The topological polar surface area (TPSA) is 29.3 Å². The maximum Gasteiger partial charge on any atom is 0.0452 e. The average Bonchev–Trinajstić information content (AvgIpc) is 3.09. The zero-order valence-corrected chi connectivity index (χ0v) is 11.5. The molecular weight excluding hydrogens is 255 g/mol. The van der Waals surface area contributed by atoms with E-state index in [1.165, 1.54) is 12.8 Å². The van der Waals surface area contributed by atoms with E-state index in [9.17, 15) is 0 Å². The van der Waals surface area contributed by atoms with E-state index in [-0.39, 0.29) is 0 Å². The van der Waals surface area contributed by atoms with Gasteiger partial charge in [-0.25, -0.2) is 0 Å². The minimum atomic E-state index is 0.463. The van der Waals surface area contributed by atoms with Gasteiger partial charge in [0.2, 0.25) is 0 Å². The Hall–Kier alpha value is -0.280. The van der Waals surface area contributed by atoms with Crippen LogP contribution in [0.1, 0.15) is 18.4 Å². The first-order chi connectivity index (χ1) is 8.11. The molecule has 0 aromatic heterocycles. The lowest BCUT2D eigenvalue weighted by Gasteiger charge is -2.27. The van der Waals surface area contributed by atoms with Crippen LogP contribution in [0.25, 0.3) is 0 Å². The molecule has 94 valence electrons.